The Morgan fingerprint density at radius 2 is 1.86 bits per heavy atom. The van der Waals surface area contributed by atoms with Crippen LogP contribution in [0.4, 0.5) is 5.82 Å². The summed E-state index contributed by atoms with van der Waals surface area (Å²) < 4.78 is 0. The number of hydrogen-bond donors (Lipinski definition) is 1. The predicted octanol–water partition coefficient (Wildman–Crippen LogP) is 2.72. The fourth-order valence-corrected chi connectivity index (χ4v) is 3.32. The second kappa shape index (κ2) is 9.87. The standard InChI is InChI=1S/C23H28N4O2/c1-26(2)21-10-8-19(16-24-21)17-25-23(29)20-12-14-27(15-13-20)22(28)11-9-18-6-4-3-5-7-18/h3-11,16,20H,12-15,17H2,1-2H3,(H,25,29)/b11-9+. The summed E-state index contributed by atoms with van der Waals surface area (Å²) in [5.41, 5.74) is 1.98. The molecule has 0 atom stereocenters. The fourth-order valence-electron chi connectivity index (χ4n) is 3.32. The second-order valence-electron chi connectivity index (χ2n) is 7.48. The van der Waals surface area contributed by atoms with Crippen molar-refractivity contribution in [1.29, 1.82) is 0 Å². The summed E-state index contributed by atoms with van der Waals surface area (Å²) in [6, 6.07) is 13.7. The van der Waals surface area contributed by atoms with E-state index in [2.05, 4.69) is 10.3 Å². The van der Waals surface area contributed by atoms with Gasteiger partial charge in [0.25, 0.3) is 0 Å². The first-order chi connectivity index (χ1) is 14.0. The van der Waals surface area contributed by atoms with Crippen LogP contribution in [0.25, 0.3) is 6.08 Å². The number of carbonyl (C=O) groups is 2. The summed E-state index contributed by atoms with van der Waals surface area (Å²) in [5, 5.41) is 3.00. The van der Waals surface area contributed by atoms with E-state index in [9.17, 15) is 9.59 Å². The molecule has 1 aromatic heterocycles. The molecule has 3 rings (SSSR count). The molecule has 2 aromatic rings. The number of benzene rings is 1. The molecule has 1 aliphatic rings. The molecule has 0 spiro atoms. The van der Waals surface area contributed by atoms with Crippen molar-refractivity contribution in [3.63, 3.8) is 0 Å². The van der Waals surface area contributed by atoms with Crippen molar-refractivity contribution in [2.24, 2.45) is 5.92 Å². The fraction of sp³-hybridized carbons (Fsp3) is 0.348. The van der Waals surface area contributed by atoms with Gasteiger partial charge in [-0.05, 0) is 36.1 Å². The smallest absolute Gasteiger partial charge is 0.246 e. The highest BCUT2D eigenvalue weighted by Gasteiger charge is 2.26. The minimum Gasteiger partial charge on any atom is -0.363 e. The van der Waals surface area contributed by atoms with E-state index in [1.165, 1.54) is 0 Å². The number of pyridine rings is 1. The maximum atomic E-state index is 12.5. The van der Waals surface area contributed by atoms with Crippen LogP contribution < -0.4 is 10.2 Å². The Balaban J connectivity index is 1.43. The SMILES string of the molecule is CN(C)c1ccc(CNC(=O)C2CCN(C(=O)/C=C/c3ccccc3)CC2)cn1. The van der Waals surface area contributed by atoms with Crippen LogP contribution in [0.2, 0.25) is 0 Å². The zero-order valence-electron chi connectivity index (χ0n) is 17.0. The molecule has 1 N–H and O–H groups in total. The molecule has 1 aliphatic heterocycles. The highest BCUT2D eigenvalue weighted by atomic mass is 16.2. The number of aromatic nitrogens is 1. The summed E-state index contributed by atoms with van der Waals surface area (Å²) in [4.78, 5) is 32.9. The lowest BCUT2D eigenvalue weighted by Gasteiger charge is -2.30. The van der Waals surface area contributed by atoms with Crippen molar-refractivity contribution in [1.82, 2.24) is 15.2 Å². The molecule has 0 radical (unpaired) electrons. The van der Waals surface area contributed by atoms with Crippen LogP contribution in [-0.2, 0) is 16.1 Å². The third-order valence-corrected chi connectivity index (χ3v) is 5.13. The first-order valence-corrected chi connectivity index (χ1v) is 9.95. The van der Waals surface area contributed by atoms with Gasteiger partial charge in [-0.2, -0.15) is 0 Å². The Kier molecular flexibility index (Phi) is 7.00. The number of anilines is 1. The van der Waals surface area contributed by atoms with E-state index in [1.807, 2.05) is 72.4 Å². The second-order valence-corrected chi connectivity index (χ2v) is 7.48. The van der Waals surface area contributed by atoms with Crippen LogP contribution in [0.5, 0.6) is 0 Å². The molecule has 1 aromatic carbocycles. The molecule has 1 fully saturated rings. The Bertz CT molecular complexity index is 839. The van der Waals surface area contributed by atoms with Gasteiger partial charge in [-0.1, -0.05) is 36.4 Å². The number of rotatable bonds is 6. The van der Waals surface area contributed by atoms with Crippen LogP contribution in [-0.4, -0.2) is 48.9 Å². The molecule has 6 nitrogen and oxygen atoms in total. The third kappa shape index (κ3) is 5.91. The Labute approximate surface area is 172 Å². The topological polar surface area (TPSA) is 65.5 Å². The lowest BCUT2D eigenvalue weighted by atomic mass is 9.95. The summed E-state index contributed by atoms with van der Waals surface area (Å²) >= 11 is 0. The Hall–Kier alpha value is -3.15. The van der Waals surface area contributed by atoms with Gasteiger partial charge in [-0.3, -0.25) is 9.59 Å². The van der Waals surface area contributed by atoms with Gasteiger partial charge in [0.05, 0.1) is 0 Å². The van der Waals surface area contributed by atoms with Crippen LogP contribution in [0.15, 0.2) is 54.7 Å². The van der Waals surface area contributed by atoms with Gasteiger partial charge in [0.1, 0.15) is 5.82 Å². The van der Waals surface area contributed by atoms with Crippen molar-refractivity contribution >= 4 is 23.7 Å². The molecule has 1 saturated heterocycles. The minimum absolute atomic E-state index is 0.000215. The summed E-state index contributed by atoms with van der Waals surface area (Å²) in [6.07, 6.45) is 6.61. The molecule has 0 bridgehead atoms. The molecule has 6 heteroatoms. The molecule has 152 valence electrons. The number of hydrogen-bond acceptors (Lipinski definition) is 4. The summed E-state index contributed by atoms with van der Waals surface area (Å²) in [6.45, 7) is 1.68. The van der Waals surface area contributed by atoms with Gasteiger partial charge in [0.2, 0.25) is 11.8 Å². The lowest BCUT2D eigenvalue weighted by Crippen LogP contribution is -2.42. The van der Waals surface area contributed by atoms with Gasteiger partial charge in [-0.25, -0.2) is 4.98 Å². The van der Waals surface area contributed by atoms with Crippen molar-refractivity contribution < 1.29 is 9.59 Å². The van der Waals surface area contributed by atoms with Crippen molar-refractivity contribution in [3.05, 3.63) is 65.9 Å². The van der Waals surface area contributed by atoms with E-state index in [-0.39, 0.29) is 17.7 Å². The molecule has 0 aliphatic carbocycles. The maximum Gasteiger partial charge on any atom is 0.246 e. The first-order valence-electron chi connectivity index (χ1n) is 9.95. The van der Waals surface area contributed by atoms with Crippen LogP contribution in [0.3, 0.4) is 0 Å². The van der Waals surface area contributed by atoms with Crippen molar-refractivity contribution in [2.75, 3.05) is 32.1 Å². The van der Waals surface area contributed by atoms with Crippen LogP contribution >= 0.6 is 0 Å². The first kappa shape index (κ1) is 20.6. The quantitative estimate of drug-likeness (QED) is 0.768. The minimum atomic E-state index is -0.0499. The normalized spacial score (nSPS) is 14.8. The zero-order chi connectivity index (χ0) is 20.6. The van der Waals surface area contributed by atoms with Gasteiger partial charge >= 0.3 is 0 Å². The van der Waals surface area contributed by atoms with E-state index >= 15 is 0 Å². The maximum absolute atomic E-state index is 12.5. The monoisotopic (exact) mass is 392 g/mol. The molecule has 29 heavy (non-hydrogen) atoms. The summed E-state index contributed by atoms with van der Waals surface area (Å²) in [5.74, 6) is 0.887. The van der Waals surface area contributed by atoms with Gasteiger partial charge in [0, 0.05) is 51.9 Å². The summed E-state index contributed by atoms with van der Waals surface area (Å²) in [7, 11) is 3.89. The largest absolute Gasteiger partial charge is 0.363 e. The number of piperidine rings is 1. The van der Waals surface area contributed by atoms with Gasteiger partial charge in [0.15, 0.2) is 0 Å². The van der Waals surface area contributed by atoms with Crippen molar-refractivity contribution in [3.8, 4) is 0 Å². The molecule has 0 unspecified atom stereocenters. The average molecular weight is 393 g/mol. The van der Waals surface area contributed by atoms with E-state index in [0.29, 0.717) is 32.5 Å². The Morgan fingerprint density at radius 3 is 2.48 bits per heavy atom. The van der Waals surface area contributed by atoms with Crippen molar-refractivity contribution in [2.45, 2.75) is 19.4 Å². The zero-order valence-corrected chi connectivity index (χ0v) is 17.0. The number of amides is 2. The Morgan fingerprint density at radius 1 is 1.14 bits per heavy atom. The van der Waals surface area contributed by atoms with Gasteiger partial charge < -0.3 is 15.1 Å². The highest BCUT2D eigenvalue weighted by molar-refractivity contribution is 5.92. The average Bonchev–Trinajstić information content (AvgIpc) is 2.77. The van der Waals surface area contributed by atoms with E-state index < -0.39 is 0 Å². The number of nitrogens with zero attached hydrogens (tertiary/aromatic N) is 3. The molecular formula is C23H28N4O2. The third-order valence-electron chi connectivity index (χ3n) is 5.13. The van der Waals surface area contributed by atoms with E-state index in [0.717, 1.165) is 16.9 Å². The predicted molar refractivity (Wildman–Crippen MR) is 115 cm³/mol. The van der Waals surface area contributed by atoms with E-state index in [1.54, 1.807) is 12.3 Å². The van der Waals surface area contributed by atoms with E-state index in [4.69, 9.17) is 0 Å². The van der Waals surface area contributed by atoms with Gasteiger partial charge in [-0.15, -0.1) is 0 Å². The van der Waals surface area contributed by atoms with Crippen LogP contribution in [0.1, 0.15) is 24.0 Å². The lowest BCUT2D eigenvalue weighted by molar-refractivity contribution is -0.132. The molecule has 2 amide bonds. The number of carbonyl (C=O) groups excluding carboxylic acids is 2. The molecule has 0 saturated carbocycles. The number of nitrogens with one attached hydrogen (secondary N) is 1. The highest BCUT2D eigenvalue weighted by Crippen LogP contribution is 2.18. The molecule has 2 heterocycles. The van der Waals surface area contributed by atoms with Crippen LogP contribution in [0, 0.1) is 5.92 Å². The number of likely N-dealkylation sites (tertiary alicyclic amines) is 1. The molecular weight excluding hydrogens is 364 g/mol.